The second-order valence-electron chi connectivity index (χ2n) is 7.54. The number of aromatic nitrogens is 1. The third-order valence-electron chi connectivity index (χ3n) is 5.36. The van der Waals surface area contributed by atoms with Crippen LogP contribution in [0.25, 0.3) is 22.6 Å². The molecule has 3 amide bonds. The highest BCUT2D eigenvalue weighted by Crippen LogP contribution is 2.38. The minimum Gasteiger partial charge on any atom is -0.449 e. The summed E-state index contributed by atoms with van der Waals surface area (Å²) in [4.78, 5) is 40.8. The van der Waals surface area contributed by atoms with Gasteiger partial charge in [0, 0.05) is 10.9 Å². The number of amides is 3. The average Bonchev–Trinajstić information content (AvgIpc) is 3.16. The molecule has 2 aromatic carbocycles. The van der Waals surface area contributed by atoms with Crippen molar-refractivity contribution >= 4 is 52.1 Å². The van der Waals surface area contributed by atoms with Gasteiger partial charge in [-0.15, -0.1) is 0 Å². The monoisotopic (exact) mass is 467 g/mol. The first-order valence-corrected chi connectivity index (χ1v) is 10.5. The number of para-hydroxylation sites is 1. The third-order valence-corrected chi connectivity index (χ3v) is 5.69. The number of nitrogens with zero attached hydrogens (tertiary/aromatic N) is 1. The van der Waals surface area contributed by atoms with Gasteiger partial charge >= 0.3 is 12.0 Å². The summed E-state index contributed by atoms with van der Waals surface area (Å²) in [5.41, 5.74) is 7.95. The SMILES string of the molecule is CC(OC(=O)c1c2c(nc3ccccc13)/C(=C/c1c(F)cccc1Cl)CC2)C(=O)NC(N)=O. The van der Waals surface area contributed by atoms with Gasteiger partial charge < -0.3 is 10.5 Å². The van der Waals surface area contributed by atoms with Crippen LogP contribution in [0.1, 0.15) is 40.5 Å². The normalized spacial score (nSPS) is 14.7. The van der Waals surface area contributed by atoms with Gasteiger partial charge in [0.25, 0.3) is 5.91 Å². The number of carbonyl (C=O) groups excluding carboxylic acids is 3. The van der Waals surface area contributed by atoms with E-state index in [-0.39, 0.29) is 16.1 Å². The molecule has 0 radical (unpaired) electrons. The number of rotatable bonds is 4. The van der Waals surface area contributed by atoms with Crippen LogP contribution in [-0.4, -0.2) is 29.0 Å². The van der Waals surface area contributed by atoms with Crippen molar-refractivity contribution in [1.82, 2.24) is 10.3 Å². The van der Waals surface area contributed by atoms with Crippen molar-refractivity contribution in [2.75, 3.05) is 0 Å². The minimum absolute atomic E-state index is 0.248. The first-order valence-electron chi connectivity index (χ1n) is 10.1. The Morgan fingerprint density at radius 2 is 1.94 bits per heavy atom. The van der Waals surface area contributed by atoms with Gasteiger partial charge in [-0.25, -0.2) is 19.0 Å². The van der Waals surface area contributed by atoms with E-state index in [4.69, 9.17) is 27.1 Å². The molecule has 168 valence electrons. The molecular formula is C24H19ClFN3O4. The van der Waals surface area contributed by atoms with Crippen LogP contribution in [0, 0.1) is 5.82 Å². The standard InChI is InChI=1S/C24H19ClFN3O4/c1-12(22(30)29-24(27)32)33-23(31)20-14-5-2-3-8-19(14)28-21-13(9-10-15(20)21)11-16-17(25)6-4-7-18(16)26/h2-8,11-12H,9-10H2,1H3,(H3,27,29,30,32)/b13-11+. The van der Waals surface area contributed by atoms with Crippen molar-refractivity contribution in [2.45, 2.75) is 25.9 Å². The number of carbonyl (C=O) groups is 3. The van der Waals surface area contributed by atoms with Crippen molar-refractivity contribution in [1.29, 1.82) is 0 Å². The van der Waals surface area contributed by atoms with E-state index >= 15 is 0 Å². The van der Waals surface area contributed by atoms with Crippen LogP contribution in [0.4, 0.5) is 9.18 Å². The van der Waals surface area contributed by atoms with Crippen molar-refractivity contribution in [3.8, 4) is 0 Å². The number of halogens is 2. The Kier molecular flexibility index (Phi) is 6.11. The zero-order valence-corrected chi connectivity index (χ0v) is 18.3. The first-order chi connectivity index (χ1) is 15.8. The third kappa shape index (κ3) is 4.42. The fourth-order valence-electron chi connectivity index (χ4n) is 3.83. The van der Waals surface area contributed by atoms with Crippen LogP contribution in [0.2, 0.25) is 5.02 Å². The maximum absolute atomic E-state index is 14.4. The quantitative estimate of drug-likeness (QED) is 0.557. The number of pyridine rings is 1. The van der Waals surface area contributed by atoms with Crippen molar-refractivity contribution in [3.05, 3.63) is 75.7 Å². The summed E-state index contributed by atoms with van der Waals surface area (Å²) in [5, 5.41) is 2.72. The summed E-state index contributed by atoms with van der Waals surface area (Å²) >= 11 is 6.18. The Morgan fingerprint density at radius 1 is 1.18 bits per heavy atom. The maximum atomic E-state index is 14.4. The molecule has 1 aliphatic rings. The lowest BCUT2D eigenvalue weighted by Gasteiger charge is -2.15. The number of hydrogen-bond donors (Lipinski definition) is 2. The van der Waals surface area contributed by atoms with Crippen LogP contribution in [-0.2, 0) is 16.0 Å². The molecule has 0 saturated heterocycles. The Balaban J connectivity index is 1.79. The summed E-state index contributed by atoms with van der Waals surface area (Å²) in [5.74, 6) is -2.03. The predicted molar refractivity (Wildman–Crippen MR) is 122 cm³/mol. The highest BCUT2D eigenvalue weighted by Gasteiger charge is 2.30. The van der Waals surface area contributed by atoms with Gasteiger partial charge in [0.15, 0.2) is 6.10 Å². The number of nitrogens with two attached hydrogens (primary N) is 1. The number of allylic oxidation sites excluding steroid dienone is 1. The predicted octanol–water partition coefficient (Wildman–Crippen LogP) is 4.25. The molecule has 3 aromatic rings. The molecule has 9 heteroatoms. The molecule has 1 unspecified atom stereocenters. The Bertz CT molecular complexity index is 1320. The molecule has 0 spiro atoms. The van der Waals surface area contributed by atoms with Crippen LogP contribution < -0.4 is 11.1 Å². The number of esters is 1. The minimum atomic E-state index is -1.25. The number of primary amides is 1. The van der Waals surface area contributed by atoms with Crippen LogP contribution in [0.15, 0.2) is 42.5 Å². The molecule has 0 saturated carbocycles. The molecule has 1 aliphatic carbocycles. The first kappa shape index (κ1) is 22.4. The Labute approximate surface area is 193 Å². The molecule has 1 atom stereocenters. The van der Waals surface area contributed by atoms with Gasteiger partial charge in [0.05, 0.1) is 21.8 Å². The second-order valence-corrected chi connectivity index (χ2v) is 7.94. The summed E-state index contributed by atoms with van der Waals surface area (Å²) < 4.78 is 19.7. The van der Waals surface area contributed by atoms with E-state index < -0.39 is 29.8 Å². The summed E-state index contributed by atoms with van der Waals surface area (Å²) in [6.45, 7) is 1.34. The van der Waals surface area contributed by atoms with E-state index in [1.165, 1.54) is 19.1 Å². The summed E-state index contributed by atoms with van der Waals surface area (Å²) in [6, 6.07) is 10.4. The van der Waals surface area contributed by atoms with Gasteiger partial charge in [-0.3, -0.25) is 10.1 Å². The van der Waals surface area contributed by atoms with E-state index in [9.17, 15) is 18.8 Å². The molecule has 1 aromatic heterocycles. The van der Waals surface area contributed by atoms with Crippen molar-refractivity contribution in [2.24, 2.45) is 5.73 Å². The van der Waals surface area contributed by atoms with Gasteiger partial charge in [-0.1, -0.05) is 35.9 Å². The number of ether oxygens (including phenoxy) is 1. The van der Waals surface area contributed by atoms with E-state index in [0.717, 1.165) is 5.57 Å². The van der Waals surface area contributed by atoms with E-state index in [0.29, 0.717) is 35.0 Å². The molecule has 0 bridgehead atoms. The van der Waals surface area contributed by atoms with E-state index in [1.807, 2.05) is 5.32 Å². The fraction of sp³-hybridized carbons (Fsp3) is 0.167. The Morgan fingerprint density at radius 3 is 2.67 bits per heavy atom. The Hall–Kier alpha value is -3.78. The lowest BCUT2D eigenvalue weighted by Crippen LogP contribution is -2.42. The topological polar surface area (TPSA) is 111 Å². The van der Waals surface area contributed by atoms with Crippen LogP contribution >= 0.6 is 11.6 Å². The van der Waals surface area contributed by atoms with Crippen molar-refractivity contribution in [3.63, 3.8) is 0 Å². The molecule has 3 N–H and O–H groups in total. The zero-order chi connectivity index (χ0) is 23.7. The van der Waals surface area contributed by atoms with Gasteiger partial charge in [0.1, 0.15) is 5.82 Å². The van der Waals surface area contributed by atoms with Gasteiger partial charge in [0.2, 0.25) is 0 Å². The van der Waals surface area contributed by atoms with E-state index in [2.05, 4.69) is 0 Å². The smallest absolute Gasteiger partial charge is 0.339 e. The highest BCUT2D eigenvalue weighted by atomic mass is 35.5. The molecule has 7 nitrogen and oxygen atoms in total. The van der Waals surface area contributed by atoms with Gasteiger partial charge in [-0.05, 0) is 55.2 Å². The van der Waals surface area contributed by atoms with Crippen LogP contribution in [0.3, 0.4) is 0 Å². The lowest BCUT2D eigenvalue weighted by molar-refractivity contribution is -0.127. The summed E-state index contributed by atoms with van der Waals surface area (Å²) in [6.07, 6.45) is 1.38. The second kappa shape index (κ2) is 8.99. The number of nitrogens with one attached hydrogen (secondary N) is 1. The van der Waals surface area contributed by atoms with Crippen LogP contribution in [0.5, 0.6) is 0 Å². The fourth-order valence-corrected chi connectivity index (χ4v) is 4.05. The van der Waals surface area contributed by atoms with Crippen molar-refractivity contribution < 1.29 is 23.5 Å². The number of fused-ring (bicyclic) bond motifs is 2. The molecule has 33 heavy (non-hydrogen) atoms. The number of imide groups is 1. The molecule has 0 fully saturated rings. The number of urea groups is 1. The highest BCUT2D eigenvalue weighted by molar-refractivity contribution is 6.32. The molecule has 1 heterocycles. The largest absolute Gasteiger partial charge is 0.449 e. The number of benzene rings is 2. The molecule has 0 aliphatic heterocycles. The molecule has 4 rings (SSSR count). The van der Waals surface area contributed by atoms with E-state index in [1.54, 1.807) is 36.4 Å². The van der Waals surface area contributed by atoms with Gasteiger partial charge in [-0.2, -0.15) is 0 Å². The lowest BCUT2D eigenvalue weighted by atomic mass is 10.0. The zero-order valence-electron chi connectivity index (χ0n) is 17.5. The summed E-state index contributed by atoms with van der Waals surface area (Å²) in [7, 11) is 0. The maximum Gasteiger partial charge on any atom is 0.339 e. The number of hydrogen-bond acceptors (Lipinski definition) is 5. The average molecular weight is 468 g/mol. The molecular weight excluding hydrogens is 449 g/mol.